The largest absolute Gasteiger partial charge is 0.348 e. The normalized spacial score (nSPS) is 10.6. The van der Waals surface area contributed by atoms with Gasteiger partial charge in [-0.2, -0.15) is 0 Å². The van der Waals surface area contributed by atoms with Gasteiger partial charge in [0, 0.05) is 23.2 Å². The third kappa shape index (κ3) is 2.69. The maximum atomic E-state index is 6.16. The number of aromatic nitrogens is 2. The standard InChI is InChI=1S/C16H13ClN2/c17-14-9-5-4-8-13(14)10-16-18-11-15(19-16)12-6-2-1-3-7-12/h1-9,11H,10H2,(H,18,19). The first-order valence-corrected chi connectivity index (χ1v) is 6.54. The van der Waals surface area contributed by atoms with Crippen LogP contribution in [0.15, 0.2) is 60.8 Å². The molecule has 0 saturated carbocycles. The van der Waals surface area contributed by atoms with Gasteiger partial charge in [0.1, 0.15) is 5.82 Å². The molecule has 3 aromatic rings. The molecule has 0 unspecified atom stereocenters. The van der Waals surface area contributed by atoms with Crippen molar-refractivity contribution < 1.29 is 0 Å². The van der Waals surface area contributed by atoms with E-state index >= 15 is 0 Å². The molecule has 0 aliphatic heterocycles. The molecule has 0 saturated heterocycles. The molecule has 0 aliphatic rings. The van der Waals surface area contributed by atoms with Crippen LogP contribution in [0.3, 0.4) is 0 Å². The maximum Gasteiger partial charge on any atom is 0.111 e. The summed E-state index contributed by atoms with van der Waals surface area (Å²) in [6, 6.07) is 18.0. The van der Waals surface area contributed by atoms with Crippen LogP contribution in [0.4, 0.5) is 0 Å². The van der Waals surface area contributed by atoms with Crippen LogP contribution in [0.1, 0.15) is 11.4 Å². The van der Waals surface area contributed by atoms with Gasteiger partial charge in [-0.15, -0.1) is 0 Å². The SMILES string of the molecule is Clc1ccccc1Cc1nc(-c2ccccc2)c[nH]1. The van der Waals surface area contributed by atoms with Crippen molar-refractivity contribution in [3.8, 4) is 11.3 Å². The van der Waals surface area contributed by atoms with Crippen LogP contribution >= 0.6 is 11.6 Å². The minimum absolute atomic E-state index is 0.715. The Bertz CT molecular complexity index is 674. The summed E-state index contributed by atoms with van der Waals surface area (Å²) in [5.41, 5.74) is 3.16. The van der Waals surface area contributed by atoms with Gasteiger partial charge in [0.05, 0.1) is 5.69 Å². The average molecular weight is 269 g/mol. The highest BCUT2D eigenvalue weighted by Gasteiger charge is 2.06. The fourth-order valence-corrected chi connectivity index (χ4v) is 2.23. The highest BCUT2D eigenvalue weighted by molar-refractivity contribution is 6.31. The zero-order valence-electron chi connectivity index (χ0n) is 10.3. The van der Waals surface area contributed by atoms with Gasteiger partial charge in [-0.1, -0.05) is 60.1 Å². The minimum atomic E-state index is 0.715. The van der Waals surface area contributed by atoms with Gasteiger partial charge in [0.25, 0.3) is 0 Å². The maximum absolute atomic E-state index is 6.16. The quantitative estimate of drug-likeness (QED) is 0.753. The molecular formula is C16H13ClN2. The summed E-state index contributed by atoms with van der Waals surface area (Å²) in [5, 5.41) is 0.778. The van der Waals surface area contributed by atoms with E-state index in [0.29, 0.717) is 6.42 Å². The Hall–Kier alpha value is -2.06. The number of nitrogens with zero attached hydrogens (tertiary/aromatic N) is 1. The summed E-state index contributed by atoms with van der Waals surface area (Å²) in [7, 11) is 0. The summed E-state index contributed by atoms with van der Waals surface area (Å²) < 4.78 is 0. The highest BCUT2D eigenvalue weighted by atomic mass is 35.5. The van der Waals surface area contributed by atoms with Crippen molar-refractivity contribution in [2.24, 2.45) is 0 Å². The Morgan fingerprint density at radius 1 is 0.947 bits per heavy atom. The lowest BCUT2D eigenvalue weighted by molar-refractivity contribution is 1.03. The van der Waals surface area contributed by atoms with E-state index in [1.54, 1.807) is 0 Å². The fraction of sp³-hybridized carbons (Fsp3) is 0.0625. The number of aromatic amines is 1. The smallest absolute Gasteiger partial charge is 0.111 e. The Morgan fingerprint density at radius 3 is 2.47 bits per heavy atom. The van der Waals surface area contributed by atoms with Crippen LogP contribution in [-0.2, 0) is 6.42 Å². The van der Waals surface area contributed by atoms with Crippen molar-refractivity contribution in [3.63, 3.8) is 0 Å². The van der Waals surface area contributed by atoms with Gasteiger partial charge >= 0.3 is 0 Å². The van der Waals surface area contributed by atoms with Crippen LogP contribution in [0.2, 0.25) is 5.02 Å². The number of rotatable bonds is 3. The zero-order valence-corrected chi connectivity index (χ0v) is 11.1. The molecule has 3 rings (SSSR count). The van der Waals surface area contributed by atoms with Gasteiger partial charge in [-0.3, -0.25) is 0 Å². The van der Waals surface area contributed by atoms with E-state index in [4.69, 9.17) is 11.6 Å². The first kappa shape index (κ1) is 12.0. The molecule has 0 aliphatic carbocycles. The first-order valence-electron chi connectivity index (χ1n) is 6.16. The van der Waals surface area contributed by atoms with E-state index in [2.05, 4.69) is 22.1 Å². The van der Waals surface area contributed by atoms with E-state index in [1.165, 1.54) is 0 Å². The molecule has 19 heavy (non-hydrogen) atoms. The number of hydrogen-bond donors (Lipinski definition) is 1. The van der Waals surface area contributed by atoms with E-state index in [9.17, 15) is 0 Å². The molecule has 0 radical (unpaired) electrons. The Labute approximate surface area is 117 Å². The summed E-state index contributed by atoms with van der Waals surface area (Å²) in [5.74, 6) is 0.923. The Balaban J connectivity index is 1.85. The topological polar surface area (TPSA) is 28.7 Å². The molecule has 0 amide bonds. The number of imidazole rings is 1. The zero-order chi connectivity index (χ0) is 13.1. The van der Waals surface area contributed by atoms with Gasteiger partial charge in [-0.05, 0) is 11.6 Å². The van der Waals surface area contributed by atoms with Crippen LogP contribution in [0, 0.1) is 0 Å². The lowest BCUT2D eigenvalue weighted by Crippen LogP contribution is -1.91. The second kappa shape index (κ2) is 5.29. The Kier molecular flexibility index (Phi) is 3.34. The fourth-order valence-electron chi connectivity index (χ4n) is 2.03. The number of H-pyrrole nitrogens is 1. The molecule has 1 N–H and O–H groups in total. The van der Waals surface area contributed by atoms with Crippen molar-refractivity contribution in [1.29, 1.82) is 0 Å². The molecule has 1 heterocycles. The molecule has 0 spiro atoms. The van der Waals surface area contributed by atoms with Crippen LogP contribution < -0.4 is 0 Å². The average Bonchev–Trinajstić information content (AvgIpc) is 2.91. The number of nitrogens with one attached hydrogen (secondary N) is 1. The van der Waals surface area contributed by atoms with Gasteiger partial charge in [0.2, 0.25) is 0 Å². The molecule has 0 fully saturated rings. The summed E-state index contributed by atoms with van der Waals surface area (Å²) in [6.45, 7) is 0. The number of halogens is 1. The predicted octanol–water partition coefficient (Wildman–Crippen LogP) is 4.32. The van der Waals surface area contributed by atoms with E-state index < -0.39 is 0 Å². The van der Waals surface area contributed by atoms with Crippen molar-refractivity contribution >= 4 is 11.6 Å². The summed E-state index contributed by atoms with van der Waals surface area (Å²) in [4.78, 5) is 7.81. The molecule has 2 nitrogen and oxygen atoms in total. The molecule has 0 bridgehead atoms. The van der Waals surface area contributed by atoms with Crippen LogP contribution in [0.5, 0.6) is 0 Å². The van der Waals surface area contributed by atoms with E-state index in [1.807, 2.05) is 48.7 Å². The molecule has 94 valence electrons. The Morgan fingerprint density at radius 2 is 1.68 bits per heavy atom. The molecule has 3 heteroatoms. The monoisotopic (exact) mass is 268 g/mol. The van der Waals surface area contributed by atoms with Crippen molar-refractivity contribution in [3.05, 3.63) is 77.2 Å². The van der Waals surface area contributed by atoms with E-state index in [-0.39, 0.29) is 0 Å². The van der Waals surface area contributed by atoms with Crippen molar-refractivity contribution in [2.75, 3.05) is 0 Å². The lowest BCUT2D eigenvalue weighted by atomic mass is 10.1. The number of benzene rings is 2. The van der Waals surface area contributed by atoms with Gasteiger partial charge in [0.15, 0.2) is 0 Å². The summed E-state index contributed by atoms with van der Waals surface area (Å²) in [6.07, 6.45) is 2.65. The first-order chi connectivity index (χ1) is 9.33. The van der Waals surface area contributed by atoms with E-state index in [0.717, 1.165) is 27.7 Å². The predicted molar refractivity (Wildman–Crippen MR) is 78.3 cm³/mol. The minimum Gasteiger partial charge on any atom is -0.348 e. The second-order valence-corrected chi connectivity index (χ2v) is 4.77. The van der Waals surface area contributed by atoms with Gasteiger partial charge in [-0.25, -0.2) is 4.98 Å². The van der Waals surface area contributed by atoms with Crippen LogP contribution in [0.25, 0.3) is 11.3 Å². The van der Waals surface area contributed by atoms with Gasteiger partial charge < -0.3 is 4.98 Å². The molecule has 0 atom stereocenters. The second-order valence-electron chi connectivity index (χ2n) is 4.37. The summed E-state index contributed by atoms with van der Waals surface area (Å²) >= 11 is 6.16. The third-order valence-corrected chi connectivity index (χ3v) is 3.38. The van der Waals surface area contributed by atoms with Crippen molar-refractivity contribution in [1.82, 2.24) is 9.97 Å². The third-order valence-electron chi connectivity index (χ3n) is 3.02. The number of hydrogen-bond acceptors (Lipinski definition) is 1. The molecule has 1 aromatic heterocycles. The molecular weight excluding hydrogens is 256 g/mol. The highest BCUT2D eigenvalue weighted by Crippen LogP contribution is 2.20. The molecule has 2 aromatic carbocycles. The lowest BCUT2D eigenvalue weighted by Gasteiger charge is -2.00. The van der Waals surface area contributed by atoms with Crippen molar-refractivity contribution in [2.45, 2.75) is 6.42 Å². The van der Waals surface area contributed by atoms with Crippen LogP contribution in [-0.4, -0.2) is 9.97 Å².